The van der Waals surface area contributed by atoms with Gasteiger partial charge in [-0.25, -0.2) is 14.5 Å². The number of carbonyl (C=O) groups is 2. The molecule has 0 unspecified atom stereocenters. The van der Waals surface area contributed by atoms with E-state index in [9.17, 15) is 9.59 Å². The second-order valence-electron chi connectivity index (χ2n) is 5.84. The van der Waals surface area contributed by atoms with Crippen LogP contribution in [0.5, 0.6) is 0 Å². The Morgan fingerprint density at radius 3 is 2.44 bits per heavy atom. The Labute approximate surface area is 161 Å². The van der Waals surface area contributed by atoms with Gasteiger partial charge in [0.15, 0.2) is 6.61 Å². The van der Waals surface area contributed by atoms with Crippen molar-refractivity contribution in [2.45, 2.75) is 6.54 Å². The van der Waals surface area contributed by atoms with Gasteiger partial charge in [0.25, 0.3) is 5.91 Å². The van der Waals surface area contributed by atoms with E-state index in [1.807, 2.05) is 12.1 Å². The van der Waals surface area contributed by atoms with Crippen molar-refractivity contribution in [2.24, 2.45) is 0 Å². The van der Waals surface area contributed by atoms with Crippen molar-refractivity contribution in [1.29, 1.82) is 0 Å². The zero-order valence-electron chi connectivity index (χ0n) is 14.6. The summed E-state index contributed by atoms with van der Waals surface area (Å²) in [5.74, 6) is -0.856. The van der Waals surface area contributed by atoms with Gasteiger partial charge in [-0.15, -0.1) is 0 Å². The topological polar surface area (TPSA) is 77.3 Å². The summed E-state index contributed by atoms with van der Waals surface area (Å²) in [4.78, 5) is 29.6. The molecule has 1 heterocycles. The molecule has 0 aliphatic carbocycles. The number of esters is 1. The Hall–Kier alpha value is -3.19. The third-order valence-electron chi connectivity index (χ3n) is 3.87. The van der Waals surface area contributed by atoms with Crippen molar-refractivity contribution in [1.82, 2.24) is 19.7 Å². The SMILES string of the molecule is CN(Cc1ccc(Cl)cc1)C(=O)COC(=O)c1ccc(-n2cncn2)cc1. The molecule has 27 heavy (non-hydrogen) atoms. The highest BCUT2D eigenvalue weighted by molar-refractivity contribution is 6.30. The van der Waals surface area contributed by atoms with Crippen LogP contribution in [0.25, 0.3) is 5.69 Å². The van der Waals surface area contributed by atoms with E-state index >= 15 is 0 Å². The lowest BCUT2D eigenvalue weighted by molar-refractivity contribution is -0.133. The number of hydrogen-bond donors (Lipinski definition) is 0. The molecule has 138 valence electrons. The second-order valence-corrected chi connectivity index (χ2v) is 6.28. The number of likely N-dealkylation sites (N-methyl/N-ethyl adjacent to an activating group) is 1. The molecule has 0 spiro atoms. The molecule has 2 aromatic carbocycles. The molecular formula is C19H17ClN4O3. The number of ether oxygens (including phenoxy) is 1. The summed E-state index contributed by atoms with van der Waals surface area (Å²) in [5, 5.41) is 4.65. The van der Waals surface area contributed by atoms with Crippen molar-refractivity contribution >= 4 is 23.5 Å². The van der Waals surface area contributed by atoms with Gasteiger partial charge in [0.1, 0.15) is 12.7 Å². The standard InChI is InChI=1S/C19H17ClN4O3/c1-23(10-14-2-6-16(20)7-3-14)18(25)11-27-19(26)15-4-8-17(9-5-15)24-13-21-12-22-24/h2-9,12-13H,10-11H2,1H3. The van der Waals surface area contributed by atoms with Gasteiger partial charge >= 0.3 is 5.97 Å². The molecule has 0 radical (unpaired) electrons. The fraction of sp³-hybridized carbons (Fsp3) is 0.158. The molecule has 0 N–H and O–H groups in total. The molecule has 0 fully saturated rings. The highest BCUT2D eigenvalue weighted by Gasteiger charge is 2.14. The first-order valence-electron chi connectivity index (χ1n) is 8.13. The first-order valence-corrected chi connectivity index (χ1v) is 8.51. The normalized spacial score (nSPS) is 10.4. The van der Waals surface area contributed by atoms with Gasteiger partial charge in [0.2, 0.25) is 0 Å². The molecule has 1 amide bonds. The Kier molecular flexibility index (Phi) is 5.83. The molecule has 3 aromatic rings. The third kappa shape index (κ3) is 4.92. The van der Waals surface area contributed by atoms with Gasteiger partial charge in [-0.1, -0.05) is 23.7 Å². The third-order valence-corrected chi connectivity index (χ3v) is 4.12. The minimum Gasteiger partial charge on any atom is -0.452 e. The molecule has 0 atom stereocenters. The summed E-state index contributed by atoms with van der Waals surface area (Å²) < 4.78 is 6.69. The Morgan fingerprint density at radius 1 is 1.11 bits per heavy atom. The van der Waals surface area contributed by atoms with Crippen LogP contribution in [0.15, 0.2) is 61.2 Å². The molecule has 0 aliphatic heterocycles. The van der Waals surface area contributed by atoms with Crippen LogP contribution in [0.2, 0.25) is 5.02 Å². The van der Waals surface area contributed by atoms with Crippen LogP contribution in [0.3, 0.4) is 0 Å². The van der Waals surface area contributed by atoms with Crippen LogP contribution >= 0.6 is 11.6 Å². The largest absolute Gasteiger partial charge is 0.452 e. The predicted molar refractivity (Wildman–Crippen MR) is 99.6 cm³/mol. The maximum Gasteiger partial charge on any atom is 0.338 e. The summed E-state index contributed by atoms with van der Waals surface area (Å²) in [6, 6.07) is 13.9. The first-order chi connectivity index (χ1) is 13.0. The summed E-state index contributed by atoms with van der Waals surface area (Å²) in [6.07, 6.45) is 2.98. The van der Waals surface area contributed by atoms with E-state index in [2.05, 4.69) is 10.1 Å². The molecule has 0 saturated heterocycles. The van der Waals surface area contributed by atoms with E-state index in [-0.39, 0.29) is 12.5 Å². The van der Waals surface area contributed by atoms with Crippen LogP contribution in [0, 0.1) is 0 Å². The van der Waals surface area contributed by atoms with E-state index in [1.165, 1.54) is 11.2 Å². The summed E-state index contributed by atoms with van der Waals surface area (Å²) in [6.45, 7) is 0.0773. The highest BCUT2D eigenvalue weighted by atomic mass is 35.5. The quantitative estimate of drug-likeness (QED) is 0.611. The number of nitrogens with zero attached hydrogens (tertiary/aromatic N) is 4. The van der Waals surface area contributed by atoms with Crippen molar-refractivity contribution in [3.63, 3.8) is 0 Å². The lowest BCUT2D eigenvalue weighted by Gasteiger charge is -2.17. The van der Waals surface area contributed by atoms with Crippen molar-refractivity contribution < 1.29 is 14.3 Å². The summed E-state index contributed by atoms with van der Waals surface area (Å²) in [7, 11) is 1.65. The van der Waals surface area contributed by atoms with Crippen molar-refractivity contribution in [3.8, 4) is 5.69 Å². The lowest BCUT2D eigenvalue weighted by atomic mass is 10.2. The van der Waals surface area contributed by atoms with E-state index in [0.29, 0.717) is 17.1 Å². The fourth-order valence-corrected chi connectivity index (χ4v) is 2.49. The molecule has 1 aromatic heterocycles. The van der Waals surface area contributed by atoms with Crippen LogP contribution < -0.4 is 0 Å². The second kappa shape index (κ2) is 8.46. The number of aromatic nitrogens is 3. The van der Waals surface area contributed by atoms with Gasteiger partial charge in [0, 0.05) is 18.6 Å². The Balaban J connectivity index is 1.52. The lowest BCUT2D eigenvalue weighted by Crippen LogP contribution is -2.30. The van der Waals surface area contributed by atoms with Gasteiger partial charge in [-0.05, 0) is 42.0 Å². The van der Waals surface area contributed by atoms with Gasteiger partial charge in [0.05, 0.1) is 11.3 Å². The Morgan fingerprint density at radius 2 is 1.81 bits per heavy atom. The molecule has 0 saturated carbocycles. The molecule has 0 bridgehead atoms. The minimum atomic E-state index is -0.562. The van der Waals surface area contributed by atoms with E-state index in [1.54, 1.807) is 54.5 Å². The number of halogens is 1. The Bertz CT molecular complexity index is 909. The van der Waals surface area contributed by atoms with Crippen LogP contribution in [0.4, 0.5) is 0 Å². The fourth-order valence-electron chi connectivity index (χ4n) is 2.36. The summed E-state index contributed by atoms with van der Waals surface area (Å²) >= 11 is 5.85. The van der Waals surface area contributed by atoms with E-state index in [0.717, 1.165) is 11.3 Å². The van der Waals surface area contributed by atoms with Crippen LogP contribution in [-0.4, -0.2) is 45.2 Å². The predicted octanol–water partition coefficient (Wildman–Crippen LogP) is 2.74. The molecule has 7 nitrogen and oxygen atoms in total. The number of hydrogen-bond acceptors (Lipinski definition) is 5. The van der Waals surface area contributed by atoms with E-state index < -0.39 is 5.97 Å². The maximum absolute atomic E-state index is 12.2. The average molecular weight is 385 g/mol. The van der Waals surface area contributed by atoms with Crippen LogP contribution in [0.1, 0.15) is 15.9 Å². The highest BCUT2D eigenvalue weighted by Crippen LogP contribution is 2.12. The monoisotopic (exact) mass is 384 g/mol. The van der Waals surface area contributed by atoms with Crippen molar-refractivity contribution in [3.05, 3.63) is 77.3 Å². The smallest absolute Gasteiger partial charge is 0.338 e. The molecule has 0 aliphatic rings. The number of benzene rings is 2. The average Bonchev–Trinajstić information content (AvgIpc) is 3.22. The number of carbonyl (C=O) groups excluding carboxylic acids is 2. The van der Waals surface area contributed by atoms with Gasteiger partial charge < -0.3 is 9.64 Å². The maximum atomic E-state index is 12.2. The van der Waals surface area contributed by atoms with Gasteiger partial charge in [-0.3, -0.25) is 4.79 Å². The summed E-state index contributed by atoms with van der Waals surface area (Å²) in [5.41, 5.74) is 2.06. The minimum absolute atomic E-state index is 0.294. The van der Waals surface area contributed by atoms with Gasteiger partial charge in [-0.2, -0.15) is 5.10 Å². The zero-order chi connectivity index (χ0) is 19.2. The van der Waals surface area contributed by atoms with Crippen molar-refractivity contribution in [2.75, 3.05) is 13.7 Å². The number of rotatable bonds is 6. The van der Waals surface area contributed by atoms with Crippen LogP contribution in [-0.2, 0) is 16.1 Å². The number of amides is 1. The molecular weight excluding hydrogens is 368 g/mol. The zero-order valence-corrected chi connectivity index (χ0v) is 15.3. The first kappa shape index (κ1) is 18.6. The molecule has 8 heteroatoms. The van der Waals surface area contributed by atoms with E-state index in [4.69, 9.17) is 16.3 Å². The molecule has 3 rings (SSSR count).